The van der Waals surface area contributed by atoms with E-state index in [-0.39, 0.29) is 36.0 Å². The molecule has 5 rings (SSSR count). The molecule has 3 aliphatic heterocycles. The van der Waals surface area contributed by atoms with Crippen LogP contribution in [0.5, 0.6) is 0 Å². The molecule has 2 N–H and O–H groups in total. The second-order valence-corrected chi connectivity index (χ2v) is 10.4. The van der Waals surface area contributed by atoms with Gasteiger partial charge in [-0.05, 0) is 43.4 Å². The molecular weight excluding hydrogens is 502 g/mol. The molecule has 2 atom stereocenters. The van der Waals surface area contributed by atoms with Gasteiger partial charge in [-0.15, -0.1) is 0 Å². The number of carbonyl (C=O) groups excluding carboxylic acids is 3. The van der Waals surface area contributed by atoms with Crippen LogP contribution in [0.2, 0.25) is 0 Å². The molecule has 1 fully saturated rings. The Morgan fingerprint density at radius 1 is 1.03 bits per heavy atom. The summed E-state index contributed by atoms with van der Waals surface area (Å²) in [6, 6.07) is 16.8. The summed E-state index contributed by atoms with van der Waals surface area (Å²) in [5.41, 5.74) is 2.63. The summed E-state index contributed by atoms with van der Waals surface area (Å²) in [5, 5.41) is 6.40. The summed E-state index contributed by atoms with van der Waals surface area (Å²) < 4.78 is 5.57. The second kappa shape index (κ2) is 12.4. The Morgan fingerprint density at radius 3 is 2.66 bits per heavy atom. The van der Waals surface area contributed by atoms with Crippen molar-refractivity contribution in [2.45, 2.75) is 44.2 Å². The zero-order valence-corrected chi connectivity index (χ0v) is 21.9. The molecule has 2 aromatic rings. The zero-order chi connectivity index (χ0) is 26.3. The third-order valence-electron chi connectivity index (χ3n) is 6.71. The highest BCUT2D eigenvalue weighted by atomic mass is 32.2. The van der Waals surface area contributed by atoms with E-state index in [0.29, 0.717) is 36.2 Å². The van der Waals surface area contributed by atoms with Crippen molar-refractivity contribution in [3.8, 4) is 0 Å². The number of aliphatic imine (C=N–C) groups is 2. The molecule has 0 spiro atoms. The van der Waals surface area contributed by atoms with Crippen molar-refractivity contribution in [2.24, 2.45) is 9.98 Å². The number of hydrogen-bond donors (Lipinski definition) is 2. The van der Waals surface area contributed by atoms with Crippen LogP contribution >= 0.6 is 11.8 Å². The summed E-state index contributed by atoms with van der Waals surface area (Å²) in [6.07, 6.45) is 3.27. The van der Waals surface area contributed by atoms with Gasteiger partial charge in [-0.2, -0.15) is 4.99 Å². The lowest BCUT2D eigenvalue weighted by atomic mass is 10.1. The van der Waals surface area contributed by atoms with E-state index < -0.39 is 6.04 Å². The fraction of sp³-hybridized carbons (Fsp3) is 0.393. The average Bonchev–Trinajstić information content (AvgIpc) is 3.57. The van der Waals surface area contributed by atoms with Gasteiger partial charge in [-0.1, -0.05) is 54.2 Å². The molecule has 3 heterocycles. The lowest BCUT2D eigenvalue weighted by Gasteiger charge is -2.31. The molecule has 3 aliphatic rings. The molecule has 0 radical (unpaired) electrons. The van der Waals surface area contributed by atoms with Crippen LogP contribution in [0.1, 0.15) is 36.8 Å². The Hall–Kier alpha value is -3.50. The molecule has 10 heteroatoms. The van der Waals surface area contributed by atoms with Crippen LogP contribution in [0.15, 0.2) is 64.6 Å². The number of rotatable bonds is 10. The maximum absolute atomic E-state index is 13.0. The normalized spacial score (nSPS) is 19.9. The number of ether oxygens (including phenoxy) is 1. The molecule has 0 bridgehead atoms. The van der Waals surface area contributed by atoms with E-state index in [0.717, 1.165) is 37.0 Å². The number of nitrogens with one attached hydrogen (secondary N) is 2. The molecule has 0 aromatic heterocycles. The lowest BCUT2D eigenvalue weighted by Crippen LogP contribution is -2.44. The van der Waals surface area contributed by atoms with E-state index in [2.05, 4.69) is 15.6 Å². The highest BCUT2D eigenvalue weighted by molar-refractivity contribution is 8.14. The molecule has 0 aliphatic carbocycles. The Bertz CT molecular complexity index is 1240. The van der Waals surface area contributed by atoms with Gasteiger partial charge in [0.25, 0.3) is 5.91 Å². The van der Waals surface area contributed by atoms with Crippen LogP contribution in [-0.2, 0) is 25.5 Å². The first-order valence-electron chi connectivity index (χ1n) is 13.0. The standard InChI is InChI=1S/C28H31N5O4S/c34-24(29-15-14-19-7-2-1-3-8-19)13-12-23-27(36)32-26-21-10-4-5-11-22(21)31-28(33(23)26)38-18-25(35)30-17-20-9-6-16-37-20/h1-5,7-8,10-11,20,23H,6,9,12-18H2,(H,29,34)(H,30,35). The second-order valence-electron chi connectivity index (χ2n) is 9.42. The average molecular weight is 534 g/mol. The van der Waals surface area contributed by atoms with Gasteiger partial charge in [-0.25, -0.2) is 4.99 Å². The summed E-state index contributed by atoms with van der Waals surface area (Å²) in [6.45, 7) is 1.76. The van der Waals surface area contributed by atoms with E-state index >= 15 is 0 Å². The number of hydrogen-bond acceptors (Lipinski definition) is 7. The van der Waals surface area contributed by atoms with Gasteiger partial charge in [0.2, 0.25) is 11.8 Å². The molecule has 0 saturated carbocycles. The van der Waals surface area contributed by atoms with Crippen molar-refractivity contribution in [1.82, 2.24) is 15.5 Å². The molecule has 2 unspecified atom stereocenters. The highest BCUT2D eigenvalue weighted by Crippen LogP contribution is 2.35. The zero-order valence-electron chi connectivity index (χ0n) is 21.1. The number of amides is 3. The van der Waals surface area contributed by atoms with Crippen LogP contribution in [-0.4, -0.2) is 71.2 Å². The smallest absolute Gasteiger partial charge is 0.270 e. The first-order valence-corrected chi connectivity index (χ1v) is 14.0. The first-order chi connectivity index (χ1) is 18.6. The van der Waals surface area contributed by atoms with E-state index in [1.807, 2.05) is 54.6 Å². The van der Waals surface area contributed by atoms with Crippen LogP contribution in [0.25, 0.3) is 0 Å². The maximum atomic E-state index is 13.0. The minimum absolute atomic E-state index is 0.0704. The van der Waals surface area contributed by atoms with Crippen LogP contribution in [0.3, 0.4) is 0 Å². The van der Waals surface area contributed by atoms with Crippen molar-refractivity contribution >= 4 is 46.2 Å². The summed E-state index contributed by atoms with van der Waals surface area (Å²) in [5.74, 6) is 0.144. The van der Waals surface area contributed by atoms with Gasteiger partial charge < -0.3 is 15.4 Å². The maximum Gasteiger partial charge on any atom is 0.270 e. The van der Waals surface area contributed by atoms with Crippen molar-refractivity contribution in [2.75, 3.05) is 25.4 Å². The van der Waals surface area contributed by atoms with Gasteiger partial charge in [0.15, 0.2) is 5.17 Å². The van der Waals surface area contributed by atoms with Crippen molar-refractivity contribution in [3.63, 3.8) is 0 Å². The van der Waals surface area contributed by atoms with Crippen LogP contribution in [0.4, 0.5) is 5.69 Å². The summed E-state index contributed by atoms with van der Waals surface area (Å²) >= 11 is 1.27. The number of amidine groups is 2. The first kappa shape index (κ1) is 26.1. The molecule has 2 aromatic carbocycles. The molecule has 1 saturated heterocycles. The minimum Gasteiger partial charge on any atom is -0.376 e. The van der Waals surface area contributed by atoms with Gasteiger partial charge in [0.05, 0.1) is 17.5 Å². The Kier molecular flexibility index (Phi) is 8.50. The predicted molar refractivity (Wildman–Crippen MR) is 148 cm³/mol. The van der Waals surface area contributed by atoms with Gasteiger partial charge in [0.1, 0.15) is 11.9 Å². The minimum atomic E-state index is -0.639. The van der Waals surface area contributed by atoms with Gasteiger partial charge >= 0.3 is 0 Å². The quantitative estimate of drug-likeness (QED) is 0.486. The van der Waals surface area contributed by atoms with E-state index in [1.54, 1.807) is 4.90 Å². The Morgan fingerprint density at radius 2 is 1.84 bits per heavy atom. The SMILES string of the molecule is O=C(CCC1C(=O)N=C2c3ccccc3N=C(SCC(=O)NCC3CCCO3)N21)NCCc1ccccc1. The number of fused-ring (bicyclic) bond motifs is 3. The number of thioether (sulfide) groups is 1. The number of para-hydroxylation sites is 1. The molecule has 198 valence electrons. The number of carbonyl (C=O) groups is 3. The fourth-order valence-corrected chi connectivity index (χ4v) is 5.62. The molecule has 9 nitrogen and oxygen atoms in total. The van der Waals surface area contributed by atoms with Crippen molar-refractivity contribution in [3.05, 3.63) is 65.7 Å². The predicted octanol–water partition coefficient (Wildman–Crippen LogP) is 2.81. The number of benzene rings is 2. The van der Waals surface area contributed by atoms with Crippen molar-refractivity contribution in [1.29, 1.82) is 0 Å². The van der Waals surface area contributed by atoms with Gasteiger partial charge in [0, 0.05) is 31.7 Å². The molecule has 3 amide bonds. The number of nitrogens with zero attached hydrogens (tertiary/aromatic N) is 3. The Balaban J connectivity index is 1.20. The summed E-state index contributed by atoms with van der Waals surface area (Å²) in [7, 11) is 0. The van der Waals surface area contributed by atoms with E-state index in [9.17, 15) is 14.4 Å². The highest BCUT2D eigenvalue weighted by Gasteiger charge is 2.41. The third kappa shape index (κ3) is 6.31. The monoisotopic (exact) mass is 533 g/mol. The third-order valence-corrected chi connectivity index (χ3v) is 7.67. The summed E-state index contributed by atoms with van der Waals surface area (Å²) in [4.78, 5) is 49.0. The largest absolute Gasteiger partial charge is 0.376 e. The topological polar surface area (TPSA) is 112 Å². The van der Waals surface area contributed by atoms with E-state index in [4.69, 9.17) is 9.73 Å². The van der Waals surface area contributed by atoms with Gasteiger partial charge in [-0.3, -0.25) is 19.3 Å². The fourth-order valence-electron chi connectivity index (χ4n) is 4.74. The molecular formula is C28H31N5O4S. The van der Waals surface area contributed by atoms with Crippen LogP contribution < -0.4 is 10.6 Å². The Labute approximate surface area is 226 Å². The van der Waals surface area contributed by atoms with E-state index in [1.165, 1.54) is 11.8 Å². The van der Waals surface area contributed by atoms with Crippen molar-refractivity contribution < 1.29 is 19.1 Å². The molecule has 38 heavy (non-hydrogen) atoms. The van der Waals surface area contributed by atoms with Crippen LogP contribution in [0, 0.1) is 0 Å². The lowest BCUT2D eigenvalue weighted by molar-refractivity contribution is -0.122.